The van der Waals surface area contributed by atoms with E-state index in [4.69, 9.17) is 4.74 Å². The Labute approximate surface area is 153 Å². The second-order valence-corrected chi connectivity index (χ2v) is 6.32. The van der Waals surface area contributed by atoms with E-state index in [0.717, 1.165) is 10.0 Å². The first-order valence-electron chi connectivity index (χ1n) is 7.82. The molecule has 25 heavy (non-hydrogen) atoms. The van der Waals surface area contributed by atoms with Crippen LogP contribution in [0.1, 0.15) is 22.8 Å². The van der Waals surface area contributed by atoms with E-state index in [-0.39, 0.29) is 5.91 Å². The number of amides is 1. The topological polar surface area (TPSA) is 74.0 Å². The van der Waals surface area contributed by atoms with Crippen LogP contribution >= 0.6 is 15.9 Å². The van der Waals surface area contributed by atoms with Gasteiger partial charge < -0.3 is 10.1 Å². The number of hydrogen-bond acceptors (Lipinski definition) is 4. The molecule has 8 heteroatoms. The fourth-order valence-electron chi connectivity index (χ4n) is 2.31. The highest BCUT2D eigenvalue weighted by Gasteiger charge is 2.09. The number of ether oxygens (including phenoxy) is 1. The smallest absolute Gasteiger partial charge is 0.255 e. The van der Waals surface area contributed by atoms with Crippen LogP contribution < -0.4 is 5.32 Å². The summed E-state index contributed by atoms with van der Waals surface area (Å²) in [6.45, 7) is 3.49. The van der Waals surface area contributed by atoms with Crippen molar-refractivity contribution in [2.24, 2.45) is 0 Å². The molecule has 0 atom stereocenters. The lowest BCUT2D eigenvalue weighted by Gasteiger charge is -2.06. The molecule has 7 nitrogen and oxygen atoms in total. The molecule has 0 aliphatic carbocycles. The van der Waals surface area contributed by atoms with Crippen LogP contribution in [-0.4, -0.2) is 32.1 Å². The summed E-state index contributed by atoms with van der Waals surface area (Å²) in [5, 5.41) is 11.2. The van der Waals surface area contributed by atoms with Crippen LogP contribution in [0.2, 0.25) is 0 Å². The predicted octanol–water partition coefficient (Wildman–Crippen LogP) is 3.14. The van der Waals surface area contributed by atoms with Crippen molar-refractivity contribution < 1.29 is 9.53 Å². The summed E-state index contributed by atoms with van der Waals surface area (Å²) >= 11 is 3.37. The van der Waals surface area contributed by atoms with Crippen LogP contribution in [-0.2, 0) is 18.0 Å². The van der Waals surface area contributed by atoms with Crippen LogP contribution in [0.25, 0.3) is 0 Å². The van der Waals surface area contributed by atoms with Gasteiger partial charge in [-0.3, -0.25) is 9.48 Å². The van der Waals surface area contributed by atoms with Gasteiger partial charge in [-0.1, -0.05) is 12.1 Å². The highest BCUT2D eigenvalue weighted by molar-refractivity contribution is 9.10. The molecule has 0 spiro atoms. The maximum atomic E-state index is 12.4. The molecule has 0 fully saturated rings. The number of anilines is 1. The first-order chi connectivity index (χ1) is 12.1. The average molecular weight is 404 g/mol. The highest BCUT2D eigenvalue weighted by Crippen LogP contribution is 2.13. The summed E-state index contributed by atoms with van der Waals surface area (Å²) < 4.78 is 9.63. The van der Waals surface area contributed by atoms with E-state index < -0.39 is 0 Å². The Balaban J connectivity index is 1.65. The maximum absolute atomic E-state index is 12.4. The molecule has 0 aliphatic rings. The van der Waals surface area contributed by atoms with Gasteiger partial charge in [0.05, 0.1) is 35.3 Å². The van der Waals surface area contributed by atoms with Gasteiger partial charge in [0.1, 0.15) is 6.73 Å². The molecule has 3 aromatic rings. The Morgan fingerprint density at radius 3 is 2.84 bits per heavy atom. The van der Waals surface area contributed by atoms with Crippen LogP contribution in [0, 0.1) is 0 Å². The molecule has 1 amide bonds. The number of nitrogens with one attached hydrogen (secondary N) is 1. The van der Waals surface area contributed by atoms with Gasteiger partial charge in [-0.25, -0.2) is 4.68 Å². The average Bonchev–Trinajstić information content (AvgIpc) is 3.22. The monoisotopic (exact) mass is 403 g/mol. The summed E-state index contributed by atoms with van der Waals surface area (Å²) in [6.07, 6.45) is 6.96. The minimum absolute atomic E-state index is 0.181. The number of rotatable bonds is 7. The van der Waals surface area contributed by atoms with Gasteiger partial charge in [0.2, 0.25) is 0 Å². The van der Waals surface area contributed by atoms with Crippen molar-refractivity contribution in [1.29, 1.82) is 0 Å². The Morgan fingerprint density at radius 2 is 2.08 bits per heavy atom. The number of halogens is 1. The van der Waals surface area contributed by atoms with Gasteiger partial charge in [0.15, 0.2) is 0 Å². The van der Waals surface area contributed by atoms with Gasteiger partial charge in [-0.05, 0) is 40.5 Å². The zero-order chi connectivity index (χ0) is 17.6. The summed E-state index contributed by atoms with van der Waals surface area (Å²) in [5.41, 5.74) is 2.21. The second kappa shape index (κ2) is 8.09. The van der Waals surface area contributed by atoms with E-state index >= 15 is 0 Å². The van der Waals surface area contributed by atoms with Gasteiger partial charge >= 0.3 is 0 Å². The molecule has 0 bridgehead atoms. The van der Waals surface area contributed by atoms with Crippen molar-refractivity contribution in [2.45, 2.75) is 20.2 Å². The van der Waals surface area contributed by atoms with Crippen molar-refractivity contribution in [3.05, 3.63) is 64.7 Å². The molecule has 0 aliphatic heterocycles. The molecule has 130 valence electrons. The number of carbonyl (C=O) groups excluding carboxylic acids is 1. The van der Waals surface area contributed by atoms with Crippen molar-refractivity contribution in [3.8, 4) is 0 Å². The molecular formula is C17H18BrN5O2. The Kier molecular flexibility index (Phi) is 5.62. The minimum atomic E-state index is -0.181. The Hall–Kier alpha value is -2.45. The van der Waals surface area contributed by atoms with Crippen molar-refractivity contribution in [3.63, 3.8) is 0 Å². The molecule has 0 saturated carbocycles. The lowest BCUT2D eigenvalue weighted by molar-refractivity contribution is 0.0792. The summed E-state index contributed by atoms with van der Waals surface area (Å²) in [5.74, 6) is -0.181. The fourth-order valence-corrected chi connectivity index (χ4v) is 2.64. The number of hydrogen-bond donors (Lipinski definition) is 1. The molecule has 1 aromatic carbocycles. The zero-order valence-corrected chi connectivity index (χ0v) is 15.3. The van der Waals surface area contributed by atoms with Crippen LogP contribution in [0.3, 0.4) is 0 Å². The standard InChI is InChI=1S/C17H18BrN5O2/c1-2-25-12-23-11-16(8-20-23)21-17(24)14-5-3-4-13(6-14)9-22-10-15(18)7-19-22/h3-8,10-11H,2,9,12H2,1H3,(H,21,24). The number of benzene rings is 1. The minimum Gasteiger partial charge on any atom is -0.360 e. The lowest BCUT2D eigenvalue weighted by atomic mass is 10.1. The third-order valence-corrected chi connectivity index (χ3v) is 3.86. The van der Waals surface area contributed by atoms with Crippen LogP contribution in [0.5, 0.6) is 0 Å². The van der Waals surface area contributed by atoms with Crippen molar-refractivity contribution >= 4 is 27.5 Å². The number of nitrogens with zero attached hydrogens (tertiary/aromatic N) is 4. The largest absolute Gasteiger partial charge is 0.360 e. The third kappa shape index (κ3) is 4.77. The molecule has 2 heterocycles. The fraction of sp³-hybridized carbons (Fsp3) is 0.235. The first-order valence-corrected chi connectivity index (χ1v) is 8.62. The van der Waals surface area contributed by atoms with Crippen molar-refractivity contribution in [1.82, 2.24) is 19.6 Å². The van der Waals surface area contributed by atoms with E-state index in [9.17, 15) is 4.79 Å². The maximum Gasteiger partial charge on any atom is 0.255 e. The first kappa shape index (κ1) is 17.4. The third-order valence-electron chi connectivity index (χ3n) is 3.45. The molecule has 1 N–H and O–H groups in total. The van der Waals surface area contributed by atoms with E-state index in [1.807, 2.05) is 31.3 Å². The van der Waals surface area contributed by atoms with Gasteiger partial charge in [0, 0.05) is 18.4 Å². The quantitative estimate of drug-likeness (QED) is 0.657. The molecule has 2 aromatic heterocycles. The normalized spacial score (nSPS) is 10.8. The summed E-state index contributed by atoms with van der Waals surface area (Å²) in [7, 11) is 0. The SMILES string of the molecule is CCOCn1cc(NC(=O)c2cccc(Cn3cc(Br)cn3)c2)cn1. The Bertz CT molecular complexity index is 858. The second-order valence-electron chi connectivity index (χ2n) is 5.40. The number of carbonyl (C=O) groups is 1. The van der Waals surface area contributed by atoms with Crippen LogP contribution in [0.4, 0.5) is 5.69 Å². The van der Waals surface area contributed by atoms with E-state index in [1.165, 1.54) is 0 Å². The predicted molar refractivity (Wildman–Crippen MR) is 97.3 cm³/mol. The van der Waals surface area contributed by atoms with Gasteiger partial charge in [-0.15, -0.1) is 0 Å². The Morgan fingerprint density at radius 1 is 1.24 bits per heavy atom. The van der Waals surface area contributed by atoms with E-state index in [0.29, 0.717) is 31.1 Å². The summed E-state index contributed by atoms with van der Waals surface area (Å²) in [4.78, 5) is 12.4. The molecule has 0 radical (unpaired) electrons. The molecule has 0 saturated heterocycles. The molecule has 0 unspecified atom stereocenters. The van der Waals surface area contributed by atoms with Crippen LogP contribution in [0.15, 0.2) is 53.5 Å². The highest BCUT2D eigenvalue weighted by atomic mass is 79.9. The molecular weight excluding hydrogens is 386 g/mol. The van der Waals surface area contributed by atoms with E-state index in [2.05, 4.69) is 31.4 Å². The van der Waals surface area contributed by atoms with Crippen molar-refractivity contribution in [2.75, 3.05) is 11.9 Å². The van der Waals surface area contributed by atoms with Gasteiger partial charge in [0.25, 0.3) is 5.91 Å². The molecule has 3 rings (SSSR count). The lowest BCUT2D eigenvalue weighted by Crippen LogP contribution is -2.12. The van der Waals surface area contributed by atoms with E-state index in [1.54, 1.807) is 34.0 Å². The summed E-state index contributed by atoms with van der Waals surface area (Å²) in [6, 6.07) is 7.46. The number of aromatic nitrogens is 4. The van der Waals surface area contributed by atoms with Gasteiger partial charge in [-0.2, -0.15) is 10.2 Å². The zero-order valence-electron chi connectivity index (χ0n) is 13.7.